The average Bonchev–Trinajstić information content (AvgIpc) is 2.24. The molecule has 0 aliphatic heterocycles. The van der Waals surface area contributed by atoms with Gasteiger partial charge in [-0.2, -0.15) is 10.2 Å². The number of aromatic nitrogens is 2. The molecule has 0 saturated carbocycles. The van der Waals surface area contributed by atoms with Gasteiger partial charge < -0.3 is 0 Å². The molecular formula is C12H22N4. The van der Waals surface area contributed by atoms with E-state index in [-0.39, 0.29) is 6.04 Å². The van der Waals surface area contributed by atoms with Gasteiger partial charge in [0.1, 0.15) is 0 Å². The third kappa shape index (κ3) is 3.00. The maximum atomic E-state index is 5.66. The fourth-order valence-electron chi connectivity index (χ4n) is 2.07. The third-order valence-electron chi connectivity index (χ3n) is 2.97. The molecule has 0 spiro atoms. The predicted molar refractivity (Wildman–Crippen MR) is 65.6 cm³/mol. The fraction of sp³-hybridized carbons (Fsp3) is 0.667. The molecule has 0 aromatic carbocycles. The Bertz CT molecular complexity index is 338. The number of nitrogens with two attached hydrogens (primary N) is 1. The molecule has 4 heteroatoms. The molecule has 1 aromatic rings. The monoisotopic (exact) mass is 222 g/mol. The first-order valence-corrected chi connectivity index (χ1v) is 5.87. The standard InChI is InChI=1S/C12H22N4/c1-5-6-8(2)12(14-13)11-7-9(3)15-16-10(11)4/h7-8,12,14H,5-6,13H2,1-4H3. The van der Waals surface area contributed by atoms with Crippen LogP contribution in [0.1, 0.15) is 49.7 Å². The highest BCUT2D eigenvalue weighted by atomic mass is 15.2. The van der Waals surface area contributed by atoms with Crippen molar-refractivity contribution in [2.24, 2.45) is 11.8 Å². The van der Waals surface area contributed by atoms with Gasteiger partial charge in [-0.05, 0) is 37.8 Å². The van der Waals surface area contributed by atoms with Crippen molar-refractivity contribution < 1.29 is 0 Å². The van der Waals surface area contributed by atoms with Crippen LogP contribution in [0.5, 0.6) is 0 Å². The van der Waals surface area contributed by atoms with Crippen LogP contribution in [0.2, 0.25) is 0 Å². The van der Waals surface area contributed by atoms with Crippen molar-refractivity contribution >= 4 is 0 Å². The van der Waals surface area contributed by atoms with E-state index in [2.05, 4.69) is 35.5 Å². The number of hydrogen-bond donors (Lipinski definition) is 2. The Labute approximate surface area is 97.6 Å². The van der Waals surface area contributed by atoms with Crippen LogP contribution in [0.3, 0.4) is 0 Å². The van der Waals surface area contributed by atoms with Gasteiger partial charge in [-0.1, -0.05) is 20.3 Å². The van der Waals surface area contributed by atoms with Gasteiger partial charge in [0.15, 0.2) is 0 Å². The molecule has 1 aromatic heterocycles. The summed E-state index contributed by atoms with van der Waals surface area (Å²) in [4.78, 5) is 0. The van der Waals surface area contributed by atoms with Gasteiger partial charge in [-0.15, -0.1) is 0 Å². The summed E-state index contributed by atoms with van der Waals surface area (Å²) in [6, 6.07) is 2.23. The maximum Gasteiger partial charge on any atom is 0.0648 e. The van der Waals surface area contributed by atoms with E-state index in [1.807, 2.05) is 13.8 Å². The highest BCUT2D eigenvalue weighted by Gasteiger charge is 2.20. The topological polar surface area (TPSA) is 63.8 Å². The normalized spacial score (nSPS) is 14.8. The van der Waals surface area contributed by atoms with E-state index in [9.17, 15) is 0 Å². The minimum atomic E-state index is 0.161. The van der Waals surface area contributed by atoms with E-state index in [1.54, 1.807) is 0 Å². The molecule has 3 N–H and O–H groups in total. The molecule has 1 heterocycles. The van der Waals surface area contributed by atoms with Crippen molar-refractivity contribution in [3.05, 3.63) is 23.0 Å². The molecule has 0 aliphatic rings. The predicted octanol–water partition coefficient (Wildman–Crippen LogP) is 2.03. The fourth-order valence-corrected chi connectivity index (χ4v) is 2.07. The molecule has 16 heavy (non-hydrogen) atoms. The largest absolute Gasteiger partial charge is 0.271 e. The van der Waals surface area contributed by atoms with Crippen LogP contribution in [-0.4, -0.2) is 10.2 Å². The molecule has 0 amide bonds. The summed E-state index contributed by atoms with van der Waals surface area (Å²) in [5.41, 5.74) is 5.96. The maximum absolute atomic E-state index is 5.66. The molecule has 2 unspecified atom stereocenters. The van der Waals surface area contributed by atoms with Crippen molar-refractivity contribution in [3.63, 3.8) is 0 Å². The Morgan fingerprint density at radius 2 is 2.06 bits per heavy atom. The highest BCUT2D eigenvalue weighted by Crippen LogP contribution is 2.26. The van der Waals surface area contributed by atoms with E-state index >= 15 is 0 Å². The highest BCUT2D eigenvalue weighted by molar-refractivity contribution is 5.24. The van der Waals surface area contributed by atoms with E-state index in [4.69, 9.17) is 5.84 Å². The first kappa shape index (κ1) is 13.1. The molecule has 1 rings (SSSR count). The van der Waals surface area contributed by atoms with Gasteiger partial charge in [0.25, 0.3) is 0 Å². The lowest BCUT2D eigenvalue weighted by atomic mass is 9.91. The Balaban J connectivity index is 2.98. The molecule has 0 saturated heterocycles. The minimum Gasteiger partial charge on any atom is -0.271 e. The third-order valence-corrected chi connectivity index (χ3v) is 2.97. The molecule has 0 fully saturated rings. The van der Waals surface area contributed by atoms with Gasteiger partial charge in [0, 0.05) is 0 Å². The second kappa shape index (κ2) is 5.92. The zero-order valence-corrected chi connectivity index (χ0v) is 10.6. The summed E-state index contributed by atoms with van der Waals surface area (Å²) in [5, 5.41) is 8.19. The molecule has 0 radical (unpaired) electrons. The zero-order chi connectivity index (χ0) is 12.1. The number of nitrogens with zero attached hydrogens (tertiary/aromatic N) is 2. The van der Waals surface area contributed by atoms with Gasteiger partial charge >= 0.3 is 0 Å². The van der Waals surface area contributed by atoms with E-state index in [1.165, 1.54) is 0 Å². The molecule has 0 bridgehead atoms. The Kier molecular flexibility index (Phi) is 4.83. The number of hydrazine groups is 1. The quantitative estimate of drug-likeness (QED) is 0.591. The van der Waals surface area contributed by atoms with Gasteiger partial charge in [-0.3, -0.25) is 11.3 Å². The van der Waals surface area contributed by atoms with E-state index < -0.39 is 0 Å². The van der Waals surface area contributed by atoms with Crippen molar-refractivity contribution in [3.8, 4) is 0 Å². The molecule has 0 aliphatic carbocycles. The van der Waals surface area contributed by atoms with Crippen molar-refractivity contribution in [2.75, 3.05) is 0 Å². The van der Waals surface area contributed by atoms with Crippen molar-refractivity contribution in [2.45, 2.75) is 46.6 Å². The summed E-state index contributed by atoms with van der Waals surface area (Å²) < 4.78 is 0. The van der Waals surface area contributed by atoms with Crippen molar-refractivity contribution in [1.29, 1.82) is 0 Å². The lowest BCUT2D eigenvalue weighted by Gasteiger charge is -2.24. The molecule has 2 atom stereocenters. The van der Waals surface area contributed by atoms with Crippen LogP contribution < -0.4 is 11.3 Å². The lowest BCUT2D eigenvalue weighted by Crippen LogP contribution is -2.33. The SMILES string of the molecule is CCCC(C)C(NN)c1cc(C)nnc1C. The number of rotatable bonds is 5. The summed E-state index contributed by atoms with van der Waals surface area (Å²) in [6.07, 6.45) is 2.31. The minimum absolute atomic E-state index is 0.161. The average molecular weight is 222 g/mol. The number of aryl methyl sites for hydroxylation is 2. The van der Waals surface area contributed by atoms with Crippen LogP contribution >= 0.6 is 0 Å². The molecular weight excluding hydrogens is 200 g/mol. The van der Waals surface area contributed by atoms with Crippen LogP contribution in [0.15, 0.2) is 6.07 Å². The van der Waals surface area contributed by atoms with Crippen LogP contribution in [-0.2, 0) is 0 Å². The first-order chi connectivity index (χ1) is 7.60. The first-order valence-electron chi connectivity index (χ1n) is 5.87. The molecule has 90 valence electrons. The Morgan fingerprint density at radius 3 is 2.62 bits per heavy atom. The lowest BCUT2D eigenvalue weighted by molar-refractivity contribution is 0.365. The van der Waals surface area contributed by atoms with E-state index in [0.717, 1.165) is 29.8 Å². The van der Waals surface area contributed by atoms with Crippen LogP contribution in [0.4, 0.5) is 0 Å². The van der Waals surface area contributed by atoms with Crippen molar-refractivity contribution in [1.82, 2.24) is 15.6 Å². The summed E-state index contributed by atoms with van der Waals surface area (Å²) in [7, 11) is 0. The number of nitrogens with one attached hydrogen (secondary N) is 1. The van der Waals surface area contributed by atoms with Gasteiger partial charge in [0.05, 0.1) is 17.4 Å². The summed E-state index contributed by atoms with van der Waals surface area (Å²) in [6.45, 7) is 8.33. The van der Waals surface area contributed by atoms with E-state index in [0.29, 0.717) is 5.92 Å². The Morgan fingerprint density at radius 1 is 1.38 bits per heavy atom. The summed E-state index contributed by atoms with van der Waals surface area (Å²) >= 11 is 0. The smallest absolute Gasteiger partial charge is 0.0648 e. The van der Waals surface area contributed by atoms with Crippen LogP contribution in [0, 0.1) is 19.8 Å². The van der Waals surface area contributed by atoms with Gasteiger partial charge in [-0.25, -0.2) is 0 Å². The second-order valence-corrected chi connectivity index (χ2v) is 4.44. The number of hydrogen-bond acceptors (Lipinski definition) is 4. The Hall–Kier alpha value is -1.00. The molecule has 4 nitrogen and oxygen atoms in total. The van der Waals surface area contributed by atoms with Gasteiger partial charge in [0.2, 0.25) is 0 Å². The summed E-state index contributed by atoms with van der Waals surface area (Å²) in [5.74, 6) is 6.15. The second-order valence-electron chi connectivity index (χ2n) is 4.44. The van der Waals surface area contributed by atoms with Crippen LogP contribution in [0.25, 0.3) is 0 Å². The zero-order valence-electron chi connectivity index (χ0n) is 10.6.